The van der Waals surface area contributed by atoms with E-state index in [4.69, 9.17) is 23.2 Å². The van der Waals surface area contributed by atoms with Crippen LogP contribution in [0.1, 0.15) is 28.7 Å². The van der Waals surface area contributed by atoms with Gasteiger partial charge in [-0.25, -0.2) is 4.98 Å². The minimum absolute atomic E-state index is 0.102. The van der Waals surface area contributed by atoms with Gasteiger partial charge in [-0.05, 0) is 55.8 Å². The number of halogens is 2. The van der Waals surface area contributed by atoms with E-state index in [0.29, 0.717) is 11.6 Å². The second-order valence-electron chi connectivity index (χ2n) is 10.0. The first kappa shape index (κ1) is 25.9. The number of amides is 1. The standard InChI is InChI=1S/C28H34Cl2N6O/c1-20-18-35(24-7-4-6-23(29)17-24)14-15-36(20)28(37)26-16-22(21(2)32(26)3)19-33-10-12-34(13-11-33)27-25(30)8-5-9-31-27/h4-9,16-17,20H,10-15,18-19H2,1-3H3/t20-/m0/s1. The number of aromatic nitrogens is 2. The average Bonchev–Trinajstić information content (AvgIpc) is 3.17. The molecular formula is C28H34Cl2N6O. The second kappa shape index (κ2) is 10.9. The van der Waals surface area contributed by atoms with Crippen molar-refractivity contribution in [3.8, 4) is 0 Å². The highest BCUT2D eigenvalue weighted by Gasteiger charge is 2.31. The summed E-state index contributed by atoms with van der Waals surface area (Å²) in [6.45, 7) is 10.9. The molecule has 2 saturated heterocycles. The Morgan fingerprint density at radius 1 is 1.00 bits per heavy atom. The number of hydrogen-bond donors (Lipinski definition) is 0. The molecule has 0 N–H and O–H groups in total. The van der Waals surface area contributed by atoms with E-state index < -0.39 is 0 Å². The summed E-state index contributed by atoms with van der Waals surface area (Å²) >= 11 is 12.5. The van der Waals surface area contributed by atoms with Crippen LogP contribution in [0.2, 0.25) is 10.0 Å². The van der Waals surface area contributed by atoms with Crippen molar-refractivity contribution >= 4 is 40.6 Å². The van der Waals surface area contributed by atoms with Crippen LogP contribution in [0.5, 0.6) is 0 Å². The van der Waals surface area contributed by atoms with Crippen LogP contribution in [0.15, 0.2) is 48.7 Å². The third-order valence-corrected chi connectivity index (χ3v) is 8.26. The van der Waals surface area contributed by atoms with Crippen LogP contribution >= 0.6 is 23.2 Å². The Morgan fingerprint density at radius 2 is 1.76 bits per heavy atom. The highest BCUT2D eigenvalue weighted by molar-refractivity contribution is 6.33. The van der Waals surface area contributed by atoms with Crippen molar-refractivity contribution in [1.82, 2.24) is 19.4 Å². The predicted molar refractivity (Wildman–Crippen MR) is 151 cm³/mol. The number of benzene rings is 1. The van der Waals surface area contributed by atoms with Crippen LogP contribution in [0.4, 0.5) is 11.5 Å². The van der Waals surface area contributed by atoms with E-state index in [2.05, 4.69) is 50.2 Å². The van der Waals surface area contributed by atoms with Crippen LogP contribution in [0.25, 0.3) is 0 Å². The Labute approximate surface area is 229 Å². The molecule has 2 aliphatic heterocycles. The van der Waals surface area contributed by atoms with Gasteiger partial charge < -0.3 is 19.3 Å². The predicted octanol–water partition coefficient (Wildman–Crippen LogP) is 4.71. The first-order valence-electron chi connectivity index (χ1n) is 12.9. The number of carbonyl (C=O) groups is 1. The summed E-state index contributed by atoms with van der Waals surface area (Å²) in [6, 6.07) is 13.9. The van der Waals surface area contributed by atoms with Crippen molar-refractivity contribution in [2.45, 2.75) is 26.4 Å². The summed E-state index contributed by atoms with van der Waals surface area (Å²) in [5.74, 6) is 0.960. The number of carbonyl (C=O) groups excluding carboxylic acids is 1. The van der Waals surface area contributed by atoms with Crippen molar-refractivity contribution in [3.05, 3.63) is 75.7 Å². The lowest BCUT2D eigenvalue weighted by molar-refractivity contribution is 0.0664. The van der Waals surface area contributed by atoms with Crippen LogP contribution < -0.4 is 9.80 Å². The molecule has 0 spiro atoms. The van der Waals surface area contributed by atoms with Crippen molar-refractivity contribution in [2.75, 3.05) is 55.6 Å². The molecule has 1 aromatic carbocycles. The zero-order valence-corrected chi connectivity index (χ0v) is 23.2. The van der Waals surface area contributed by atoms with E-state index in [1.165, 1.54) is 5.56 Å². The average molecular weight is 542 g/mol. The molecule has 0 saturated carbocycles. The zero-order chi connectivity index (χ0) is 26.1. The lowest BCUT2D eigenvalue weighted by Gasteiger charge is -2.41. The quantitative estimate of drug-likeness (QED) is 0.469. The molecular weight excluding hydrogens is 507 g/mol. The summed E-state index contributed by atoms with van der Waals surface area (Å²) in [5, 5.41) is 1.43. The van der Waals surface area contributed by atoms with Gasteiger partial charge in [-0.1, -0.05) is 29.3 Å². The van der Waals surface area contributed by atoms with Gasteiger partial charge in [0, 0.05) is 88.0 Å². The van der Waals surface area contributed by atoms with Gasteiger partial charge in [-0.3, -0.25) is 9.69 Å². The largest absolute Gasteiger partial charge is 0.368 e. The van der Waals surface area contributed by atoms with Crippen molar-refractivity contribution in [2.24, 2.45) is 7.05 Å². The summed E-state index contributed by atoms with van der Waals surface area (Å²) in [4.78, 5) is 27.1. The Balaban J connectivity index is 1.22. The van der Waals surface area contributed by atoms with E-state index in [-0.39, 0.29) is 11.9 Å². The first-order chi connectivity index (χ1) is 17.8. The van der Waals surface area contributed by atoms with Gasteiger partial charge in [0.2, 0.25) is 0 Å². The van der Waals surface area contributed by atoms with Gasteiger partial charge in [0.1, 0.15) is 11.5 Å². The molecule has 1 atom stereocenters. The smallest absolute Gasteiger partial charge is 0.270 e. The molecule has 0 unspecified atom stereocenters. The molecule has 4 heterocycles. The van der Waals surface area contributed by atoms with Crippen LogP contribution in [0, 0.1) is 6.92 Å². The lowest BCUT2D eigenvalue weighted by Crippen LogP contribution is -2.54. The van der Waals surface area contributed by atoms with Crippen molar-refractivity contribution < 1.29 is 4.79 Å². The molecule has 0 bridgehead atoms. The number of hydrogen-bond acceptors (Lipinski definition) is 5. The van der Waals surface area contributed by atoms with Crippen LogP contribution in [-0.2, 0) is 13.6 Å². The van der Waals surface area contributed by atoms with Crippen molar-refractivity contribution in [3.63, 3.8) is 0 Å². The van der Waals surface area contributed by atoms with Gasteiger partial charge >= 0.3 is 0 Å². The highest BCUT2D eigenvalue weighted by Crippen LogP contribution is 2.26. The molecule has 1 amide bonds. The second-order valence-corrected chi connectivity index (χ2v) is 10.9. The molecule has 7 nitrogen and oxygen atoms in total. The molecule has 9 heteroatoms. The molecule has 3 aromatic rings. The Kier molecular flexibility index (Phi) is 7.65. The maximum Gasteiger partial charge on any atom is 0.270 e. The number of pyridine rings is 1. The van der Waals surface area contributed by atoms with Gasteiger partial charge in [0.15, 0.2) is 0 Å². The normalized spacial score (nSPS) is 18.9. The van der Waals surface area contributed by atoms with Gasteiger partial charge in [-0.15, -0.1) is 0 Å². The van der Waals surface area contributed by atoms with Gasteiger partial charge in [0.25, 0.3) is 5.91 Å². The summed E-state index contributed by atoms with van der Waals surface area (Å²) < 4.78 is 2.05. The monoisotopic (exact) mass is 540 g/mol. The minimum atomic E-state index is 0.102. The highest BCUT2D eigenvalue weighted by atomic mass is 35.5. The SMILES string of the molecule is Cc1c(CN2CCN(c3ncccc3Cl)CC2)cc(C(=O)N2CCN(c3cccc(Cl)c3)C[C@@H]2C)n1C. The first-order valence-corrected chi connectivity index (χ1v) is 13.6. The molecule has 196 valence electrons. The number of rotatable bonds is 5. The Morgan fingerprint density at radius 3 is 2.46 bits per heavy atom. The molecule has 2 aromatic heterocycles. The van der Waals surface area contributed by atoms with E-state index >= 15 is 0 Å². The Hall–Kier alpha value is -2.74. The lowest BCUT2D eigenvalue weighted by atomic mass is 10.1. The number of piperazine rings is 2. The van der Waals surface area contributed by atoms with Crippen LogP contribution in [-0.4, -0.2) is 77.1 Å². The topological polar surface area (TPSA) is 47.9 Å². The van der Waals surface area contributed by atoms with E-state index in [0.717, 1.165) is 73.7 Å². The zero-order valence-electron chi connectivity index (χ0n) is 21.7. The molecule has 2 fully saturated rings. The fourth-order valence-corrected chi connectivity index (χ4v) is 5.84. The van der Waals surface area contributed by atoms with Gasteiger partial charge in [-0.2, -0.15) is 0 Å². The molecule has 5 rings (SSSR count). The minimum Gasteiger partial charge on any atom is -0.368 e. The maximum atomic E-state index is 13.6. The van der Waals surface area contributed by atoms with E-state index in [9.17, 15) is 4.79 Å². The third kappa shape index (κ3) is 5.44. The Bertz CT molecular complexity index is 1270. The molecule has 0 aliphatic carbocycles. The molecule has 2 aliphatic rings. The van der Waals surface area contributed by atoms with Crippen molar-refractivity contribution in [1.29, 1.82) is 0 Å². The maximum absolute atomic E-state index is 13.6. The number of nitrogens with zero attached hydrogens (tertiary/aromatic N) is 6. The summed E-state index contributed by atoms with van der Waals surface area (Å²) in [6.07, 6.45) is 1.79. The molecule has 0 radical (unpaired) electrons. The van der Waals surface area contributed by atoms with E-state index in [1.54, 1.807) is 6.20 Å². The van der Waals surface area contributed by atoms with E-state index in [1.807, 2.05) is 42.3 Å². The fraction of sp³-hybridized carbons (Fsp3) is 0.429. The summed E-state index contributed by atoms with van der Waals surface area (Å²) in [5.41, 5.74) is 4.22. The third-order valence-electron chi connectivity index (χ3n) is 7.73. The van der Waals surface area contributed by atoms with Gasteiger partial charge in [0.05, 0.1) is 5.02 Å². The summed E-state index contributed by atoms with van der Waals surface area (Å²) in [7, 11) is 2.00. The number of anilines is 2. The van der Waals surface area contributed by atoms with Crippen LogP contribution in [0.3, 0.4) is 0 Å². The molecule has 37 heavy (non-hydrogen) atoms. The fourth-order valence-electron chi connectivity index (χ4n) is 5.41.